The summed E-state index contributed by atoms with van der Waals surface area (Å²) in [6, 6.07) is 51.7. The van der Waals surface area contributed by atoms with Gasteiger partial charge < -0.3 is 113 Å². The van der Waals surface area contributed by atoms with Gasteiger partial charge in [0, 0.05) is 327 Å². The minimum atomic E-state index is -0.276. The van der Waals surface area contributed by atoms with Gasteiger partial charge in [0.1, 0.15) is 6.67 Å². The molecule has 33 heteroatoms. The number of anilines is 6. The average molecular weight is 2040 g/mol. The van der Waals surface area contributed by atoms with E-state index in [0.717, 1.165) is 323 Å². The van der Waals surface area contributed by atoms with Crippen LogP contribution in [0.2, 0.25) is 0 Å². The maximum atomic E-state index is 12.4. The molecule has 142 heavy (non-hydrogen) atoms. The number of piperazine rings is 6. The largest absolute Gasteiger partial charge is 0.395 e. The van der Waals surface area contributed by atoms with Crippen LogP contribution in [-0.4, -0.2) is 336 Å². The number of aliphatic hydroxyl groups excluding tert-OH is 1. The van der Waals surface area contributed by atoms with Gasteiger partial charge in [0.25, 0.3) is 0 Å². The van der Waals surface area contributed by atoms with Crippen molar-refractivity contribution in [3.8, 4) is 0 Å². The van der Waals surface area contributed by atoms with Crippen LogP contribution in [-0.2, 0) is 4.79 Å². The van der Waals surface area contributed by atoms with E-state index in [0.29, 0.717) is 6.54 Å². The van der Waals surface area contributed by atoms with Gasteiger partial charge >= 0.3 is 0 Å². The Bertz CT molecular complexity index is 5220. The molecule has 762 valence electrons. The van der Waals surface area contributed by atoms with Crippen LogP contribution in [0.1, 0.15) is 137 Å². The molecular weight excluding hydrogens is 1890 g/mol. The molecule has 13 aliphatic rings. The van der Waals surface area contributed by atoms with E-state index in [1.807, 2.05) is 17.3 Å². The number of aliphatic hydroxyl groups is 1. The summed E-state index contributed by atoms with van der Waals surface area (Å²) in [7, 11) is 0. The van der Waals surface area contributed by atoms with Gasteiger partial charge in [-0.05, 0) is 246 Å². The zero-order valence-electron chi connectivity index (χ0n) is 83.4. The minimum Gasteiger partial charge on any atom is -0.395 e. The van der Waals surface area contributed by atoms with Crippen LogP contribution in [0.3, 0.4) is 0 Å². The van der Waals surface area contributed by atoms with Gasteiger partial charge in [-0.2, -0.15) is 0 Å². The van der Waals surface area contributed by atoms with Crippen molar-refractivity contribution in [2.45, 2.75) is 110 Å². The topological polar surface area (TPSA) is 221 Å². The molecule has 0 radical (unpaired) electrons. The number of alkyl halides is 1. The number of nitrogens with one attached hydrogen (secondary N) is 12. The number of halogens is 1. The van der Waals surface area contributed by atoms with E-state index in [2.05, 4.69) is 308 Å². The van der Waals surface area contributed by atoms with Crippen molar-refractivity contribution in [2.75, 3.05) is 261 Å². The smallest absolute Gasteiger partial charge is 0.219 e. The number of fused-ring (bicyclic) bond motifs is 6. The van der Waals surface area contributed by atoms with Crippen LogP contribution in [0.25, 0.3) is 33.4 Å². The average Bonchev–Trinajstić information content (AvgIpc) is 1.75. The zero-order chi connectivity index (χ0) is 99.0. The van der Waals surface area contributed by atoms with Crippen molar-refractivity contribution in [3.63, 3.8) is 0 Å². The standard InChI is InChI=1S/C19H26N4S.C18H25FN4S.C18H24N4OS.C18H26N4OS.C18H26N4S.C18H24N4S/c24-19(23-12-10-22(11-13-23)16-7-8-16)21-14-15-4-3-9-20-18-6-2-1-5-17(15)18;19-7-9-22-10-12-23(13-11-22)18(24)21-14-15-4-3-8-20-17-6-2-1-5-16(15)17;1-14(23)21-9-11-22(12-10-21)18(24)20-13-15-5-4-8-19-17-7-3-2-6-16(15)17;23-13-12-21-8-10-22(11-9-21)18(24)20-14-15-4-3-7-19-17-6-2-1-5-16(15)17;2*1-2-21-10-12-22(13-11-21)18(23)20-14-15-6-5-9-19-17-8-4-3-7-16(15)17/h1-2,5-6,14,16,20H,3-4,7-13H2,(H,21,24);1-2,5-6,14,20H,3-4,7-13H2,(H,21,24);2-3,6-7,13,19H,4-5,8-12H2,1H3,(H,20,24);1-2,5-6,14,19,23H,3-4,7-13H2,(H,20,24);3-4,7-8,14,19H,2,5-6,9-13H2,1H3,(H,20,23);2-4,7-8,14,19H,1,5-6,9-13H2,(H,20,23)/b2*15-14-;15-13-;3*15-14-. The highest BCUT2D eigenvalue weighted by Crippen LogP contribution is 2.37. The van der Waals surface area contributed by atoms with E-state index < -0.39 is 0 Å². The normalized spacial score (nSPS) is 20.5. The number of hydrogen-bond acceptors (Lipinski definition) is 19. The molecule has 0 atom stereocenters. The lowest BCUT2D eigenvalue weighted by Gasteiger charge is -2.36. The maximum Gasteiger partial charge on any atom is 0.219 e. The van der Waals surface area contributed by atoms with E-state index in [1.54, 1.807) is 6.92 Å². The molecule has 19 rings (SSSR count). The highest BCUT2D eigenvalue weighted by atomic mass is 32.1. The second kappa shape index (κ2) is 57.2. The van der Waals surface area contributed by atoms with Crippen molar-refractivity contribution in [2.24, 2.45) is 0 Å². The van der Waals surface area contributed by atoms with Gasteiger partial charge in [-0.25, -0.2) is 4.39 Å². The molecule has 26 nitrogen and oxygen atoms in total. The fourth-order valence-electron chi connectivity index (χ4n) is 19.6. The van der Waals surface area contributed by atoms with Crippen molar-refractivity contribution >= 4 is 177 Å². The first-order valence-electron chi connectivity index (χ1n) is 51.7. The van der Waals surface area contributed by atoms with Crippen LogP contribution >= 0.6 is 73.3 Å². The van der Waals surface area contributed by atoms with E-state index in [1.165, 1.54) is 114 Å². The molecule has 6 aromatic carbocycles. The highest BCUT2D eigenvalue weighted by molar-refractivity contribution is 7.81. The summed E-state index contributed by atoms with van der Waals surface area (Å²) in [5.74, 6) is 0.137. The summed E-state index contributed by atoms with van der Waals surface area (Å²) in [4.78, 5) is 38.3. The highest BCUT2D eigenvalue weighted by Gasteiger charge is 2.33. The molecule has 7 fully saturated rings. The maximum absolute atomic E-state index is 12.4. The van der Waals surface area contributed by atoms with E-state index in [4.69, 9.17) is 78.4 Å². The summed E-state index contributed by atoms with van der Waals surface area (Å²) in [5, 5.41) is 54.8. The summed E-state index contributed by atoms with van der Waals surface area (Å²) < 4.78 is 12.4. The van der Waals surface area contributed by atoms with Crippen molar-refractivity contribution in [1.82, 2.24) is 90.7 Å². The van der Waals surface area contributed by atoms with Crippen molar-refractivity contribution < 1.29 is 14.3 Å². The predicted octanol–water partition coefficient (Wildman–Crippen LogP) is 15.2. The molecule has 12 aliphatic heterocycles. The number of hydrogen-bond donors (Lipinski definition) is 13. The van der Waals surface area contributed by atoms with Crippen LogP contribution in [0.5, 0.6) is 0 Å². The Morgan fingerprint density at radius 1 is 0.338 bits per heavy atom. The predicted molar refractivity (Wildman–Crippen MR) is 613 cm³/mol. The summed E-state index contributed by atoms with van der Waals surface area (Å²) in [6.07, 6.45) is 30.3. The Morgan fingerprint density at radius 3 is 0.796 bits per heavy atom. The van der Waals surface area contributed by atoms with E-state index in [9.17, 15) is 9.18 Å². The molecule has 12 heterocycles. The molecule has 1 saturated carbocycles. The van der Waals surface area contributed by atoms with Gasteiger partial charge in [-0.3, -0.25) is 19.5 Å². The van der Waals surface area contributed by atoms with Crippen molar-refractivity contribution in [3.05, 3.63) is 229 Å². The summed E-state index contributed by atoms with van der Waals surface area (Å²) >= 11 is 33.4. The Morgan fingerprint density at radius 2 is 0.563 bits per heavy atom. The number of carbonyl (C=O) groups is 1. The van der Waals surface area contributed by atoms with Crippen LogP contribution in [0.15, 0.2) is 196 Å². The fourth-order valence-corrected chi connectivity index (χ4v) is 21.1. The first-order chi connectivity index (χ1) is 69.6. The van der Waals surface area contributed by atoms with Gasteiger partial charge in [-0.15, -0.1) is 0 Å². The number of benzene rings is 6. The van der Waals surface area contributed by atoms with Gasteiger partial charge in [0.2, 0.25) is 5.91 Å². The quantitative estimate of drug-likeness (QED) is 0.0483. The molecule has 0 unspecified atom stereocenters. The Hall–Kier alpha value is -10.6. The number of thiocarbonyl (C=S) groups is 6. The van der Waals surface area contributed by atoms with Crippen LogP contribution in [0, 0.1) is 0 Å². The lowest BCUT2D eigenvalue weighted by Crippen LogP contribution is -2.52. The van der Waals surface area contributed by atoms with Crippen LogP contribution < -0.4 is 63.8 Å². The second-order valence-electron chi connectivity index (χ2n) is 37.6. The first kappa shape index (κ1) is 107. The number of allylic oxidation sites excluding steroid dienone is 6. The molecule has 1 aliphatic carbocycles. The third kappa shape index (κ3) is 32.5. The fraction of sp³-hybridized carbons (Fsp3) is 0.477. The third-order valence-corrected chi connectivity index (χ3v) is 30.5. The molecule has 1 amide bonds. The number of rotatable bonds is 13. The Kier molecular flexibility index (Phi) is 43.2. The zero-order valence-corrected chi connectivity index (χ0v) is 88.3. The number of amides is 1. The van der Waals surface area contributed by atoms with Crippen molar-refractivity contribution in [1.29, 1.82) is 0 Å². The van der Waals surface area contributed by atoms with E-state index in [-0.39, 0.29) is 19.2 Å². The molecule has 6 aromatic rings. The van der Waals surface area contributed by atoms with Crippen LogP contribution in [0.4, 0.5) is 38.5 Å². The molecule has 13 N–H and O–H groups in total. The molecule has 0 spiro atoms. The number of likely N-dealkylation sites (N-methyl/N-ethyl adjacent to an activating group) is 1. The minimum absolute atomic E-state index is 0.137. The summed E-state index contributed by atoms with van der Waals surface area (Å²) in [6.45, 7) is 38.8. The number of β-amino-alcohol motifs (C(OH)–C–C–N with tert-alkyl or cyclic N) is 1. The molecule has 0 aromatic heterocycles. The molecule has 6 saturated heterocycles. The Labute approximate surface area is 875 Å². The summed E-state index contributed by atoms with van der Waals surface area (Å²) in [5.41, 5.74) is 22.7. The molecule has 0 bridgehead atoms. The SMILES string of the molecule is C=CN1CCN(C(=S)N/C=C2/CCCNc3ccccc32)CC1.CC(=O)N1CCN(C(=S)N/C=C2/CCCNc3ccccc32)CC1.CCN1CCN(C(=S)N/C=C2/CCCNc3ccccc32)CC1.FCCN1CCN(C(=S)N/C=C2/CCCNc3ccccc32)CC1.OCCN1CCN(C(=S)N/C=C2/CCCNc3ccccc32)CC1.S=C(N/C=C1/CCCNc2ccccc21)N1CCN(C2CC2)CC1. The lowest BCUT2D eigenvalue weighted by atomic mass is 10.0. The molecular formula is C109H151FN24O2S6. The first-order valence-corrected chi connectivity index (χ1v) is 54.2. The van der Waals surface area contributed by atoms with E-state index >= 15 is 0 Å². The van der Waals surface area contributed by atoms with Gasteiger partial charge in [-0.1, -0.05) is 123 Å². The number of carbonyl (C=O) groups excluding carboxylic acids is 1. The van der Waals surface area contributed by atoms with Gasteiger partial charge in [0.15, 0.2) is 30.7 Å². The number of para-hydroxylation sites is 6. The monoisotopic (exact) mass is 2040 g/mol. The van der Waals surface area contributed by atoms with Gasteiger partial charge in [0.05, 0.1) is 6.61 Å². The third-order valence-electron chi connectivity index (χ3n) is 28.3. The second-order valence-corrected chi connectivity index (χ2v) is 39.9. The lowest BCUT2D eigenvalue weighted by molar-refractivity contribution is -0.130. The number of nitrogens with zero attached hydrogens (tertiary/aromatic N) is 12. The Balaban J connectivity index is 0.000000135.